The number of nitrogens with zero attached hydrogens (tertiary/aromatic N) is 1. The number of carboxylic acid groups (broad SMARTS) is 1. The average molecular weight is 293 g/mol. The monoisotopic (exact) mass is 293 g/mol. The Labute approximate surface area is 117 Å². The lowest BCUT2D eigenvalue weighted by Gasteiger charge is -2.08. The van der Waals surface area contributed by atoms with Crippen LogP contribution in [0.1, 0.15) is 27.2 Å². The molecule has 0 amide bonds. The molecule has 20 heavy (non-hydrogen) atoms. The molecule has 1 aromatic carbocycles. The molecule has 0 saturated carbocycles. The molecule has 6 heteroatoms. The molecule has 0 unspecified atom stereocenters. The lowest BCUT2D eigenvalue weighted by atomic mass is 10.2. The molecule has 0 aliphatic heterocycles. The van der Waals surface area contributed by atoms with Gasteiger partial charge in [0, 0.05) is 11.9 Å². The van der Waals surface area contributed by atoms with Crippen LogP contribution in [-0.4, -0.2) is 23.5 Å². The maximum atomic E-state index is 12.5. The second-order valence-electron chi connectivity index (χ2n) is 4.69. The van der Waals surface area contributed by atoms with E-state index < -0.39 is 16.0 Å². The summed E-state index contributed by atoms with van der Waals surface area (Å²) in [6.07, 6.45) is 1.34. The Hall–Kier alpha value is -2.08. The van der Waals surface area contributed by atoms with E-state index in [9.17, 15) is 13.2 Å². The number of hydrogen-bond acceptors (Lipinski definition) is 3. The fourth-order valence-electron chi connectivity index (χ4n) is 2.13. The minimum Gasteiger partial charge on any atom is -0.478 e. The van der Waals surface area contributed by atoms with E-state index in [0.29, 0.717) is 5.56 Å². The summed E-state index contributed by atoms with van der Waals surface area (Å²) in [4.78, 5) is 11.3. The summed E-state index contributed by atoms with van der Waals surface area (Å²) in [5.74, 6) is -1.13. The van der Waals surface area contributed by atoms with Crippen LogP contribution in [-0.2, 0) is 10.0 Å². The topological polar surface area (TPSA) is 76.4 Å². The van der Waals surface area contributed by atoms with Crippen LogP contribution in [0.3, 0.4) is 0 Å². The van der Waals surface area contributed by atoms with Gasteiger partial charge in [-0.1, -0.05) is 17.7 Å². The Morgan fingerprint density at radius 3 is 2.10 bits per heavy atom. The number of aromatic nitrogens is 1. The van der Waals surface area contributed by atoms with E-state index in [1.807, 2.05) is 6.92 Å². The highest BCUT2D eigenvalue weighted by Crippen LogP contribution is 2.22. The van der Waals surface area contributed by atoms with Crippen molar-refractivity contribution < 1.29 is 18.3 Å². The Morgan fingerprint density at radius 2 is 1.65 bits per heavy atom. The smallest absolute Gasteiger partial charge is 0.337 e. The highest BCUT2D eigenvalue weighted by Gasteiger charge is 2.24. The van der Waals surface area contributed by atoms with E-state index in [1.165, 1.54) is 25.3 Å². The van der Waals surface area contributed by atoms with Gasteiger partial charge < -0.3 is 5.11 Å². The molecule has 5 nitrogen and oxygen atoms in total. The summed E-state index contributed by atoms with van der Waals surface area (Å²) in [5, 5.41) is 9.12. The van der Waals surface area contributed by atoms with Crippen LogP contribution in [0.25, 0.3) is 0 Å². The molecule has 0 spiro atoms. The van der Waals surface area contributed by atoms with E-state index in [2.05, 4.69) is 0 Å². The fraction of sp³-hybridized carbons (Fsp3) is 0.214. The minimum absolute atomic E-state index is 0.0284. The van der Waals surface area contributed by atoms with Gasteiger partial charge in [0.15, 0.2) is 0 Å². The first-order valence-electron chi connectivity index (χ1n) is 5.99. The van der Waals surface area contributed by atoms with Crippen LogP contribution in [0.5, 0.6) is 0 Å². The second kappa shape index (κ2) is 4.79. The van der Waals surface area contributed by atoms with Gasteiger partial charge >= 0.3 is 5.97 Å². The van der Waals surface area contributed by atoms with E-state index in [1.54, 1.807) is 19.1 Å². The normalized spacial score (nSPS) is 11.6. The summed E-state index contributed by atoms with van der Waals surface area (Å²) < 4.78 is 26.1. The van der Waals surface area contributed by atoms with E-state index in [-0.39, 0.29) is 16.2 Å². The van der Waals surface area contributed by atoms with Crippen molar-refractivity contribution in [3.63, 3.8) is 0 Å². The third-order valence-corrected chi connectivity index (χ3v) is 4.95. The molecular formula is C14H15NO4S. The molecule has 0 aliphatic carbocycles. The van der Waals surface area contributed by atoms with Crippen LogP contribution in [0.15, 0.2) is 35.4 Å². The van der Waals surface area contributed by atoms with Crippen LogP contribution >= 0.6 is 0 Å². The van der Waals surface area contributed by atoms with Crippen LogP contribution in [0, 0.1) is 20.8 Å². The zero-order chi connectivity index (χ0) is 15.1. The molecule has 2 aromatic rings. The number of hydrogen-bond donors (Lipinski definition) is 1. The maximum absolute atomic E-state index is 12.5. The molecule has 0 radical (unpaired) electrons. The number of rotatable bonds is 3. The molecule has 0 atom stereocenters. The summed E-state index contributed by atoms with van der Waals surface area (Å²) in [5.41, 5.74) is 1.61. The van der Waals surface area contributed by atoms with Crippen molar-refractivity contribution in [3.05, 3.63) is 52.8 Å². The summed E-state index contributed by atoms with van der Waals surface area (Å²) in [7, 11) is -3.77. The lowest BCUT2D eigenvalue weighted by molar-refractivity contribution is 0.0695. The van der Waals surface area contributed by atoms with Gasteiger partial charge in [-0.2, -0.15) is 0 Å². The van der Waals surface area contributed by atoms with Gasteiger partial charge in [0.1, 0.15) is 0 Å². The van der Waals surface area contributed by atoms with Crippen LogP contribution < -0.4 is 0 Å². The number of carboxylic acids is 1. The largest absolute Gasteiger partial charge is 0.478 e. The molecule has 0 aliphatic rings. The van der Waals surface area contributed by atoms with Gasteiger partial charge in [0.05, 0.1) is 10.5 Å². The number of aryl methyl sites for hydroxylation is 2. The molecule has 0 bridgehead atoms. The van der Waals surface area contributed by atoms with Gasteiger partial charge in [0.25, 0.3) is 10.0 Å². The highest BCUT2D eigenvalue weighted by molar-refractivity contribution is 7.90. The van der Waals surface area contributed by atoms with Crippen LogP contribution in [0.4, 0.5) is 0 Å². The lowest BCUT2D eigenvalue weighted by Crippen LogP contribution is -2.14. The van der Waals surface area contributed by atoms with Gasteiger partial charge in [-0.3, -0.25) is 0 Å². The summed E-state index contributed by atoms with van der Waals surface area (Å²) in [6.45, 7) is 4.93. The molecular weight excluding hydrogens is 278 g/mol. The minimum atomic E-state index is -3.77. The van der Waals surface area contributed by atoms with Crippen LogP contribution in [0.2, 0.25) is 0 Å². The molecule has 1 aromatic heterocycles. The number of carbonyl (C=O) groups is 1. The SMILES string of the molecule is Cc1ccc(S(=O)(=O)n2cc(C)c(C(=O)O)c2C)cc1. The third-order valence-electron chi connectivity index (χ3n) is 3.19. The Morgan fingerprint density at radius 1 is 1.10 bits per heavy atom. The summed E-state index contributed by atoms with van der Waals surface area (Å²) >= 11 is 0. The van der Waals surface area contributed by atoms with Crippen molar-refractivity contribution in [1.82, 2.24) is 3.97 Å². The molecule has 2 rings (SSSR count). The predicted octanol–water partition coefficient (Wildman–Crippen LogP) is 2.35. The van der Waals surface area contributed by atoms with Gasteiger partial charge in [-0.15, -0.1) is 0 Å². The third kappa shape index (κ3) is 2.22. The molecule has 106 valence electrons. The van der Waals surface area contributed by atoms with Crippen molar-refractivity contribution in [2.45, 2.75) is 25.7 Å². The Kier molecular flexibility index (Phi) is 3.43. The zero-order valence-corrected chi connectivity index (χ0v) is 12.2. The first-order valence-corrected chi connectivity index (χ1v) is 7.43. The maximum Gasteiger partial charge on any atom is 0.337 e. The quantitative estimate of drug-likeness (QED) is 0.942. The van der Waals surface area contributed by atoms with Crippen molar-refractivity contribution in [2.75, 3.05) is 0 Å². The molecule has 0 fully saturated rings. The molecule has 1 N–H and O–H groups in total. The average Bonchev–Trinajstić information content (AvgIpc) is 2.66. The predicted molar refractivity (Wildman–Crippen MR) is 74.6 cm³/mol. The summed E-state index contributed by atoms with van der Waals surface area (Å²) in [6, 6.07) is 6.44. The fourth-order valence-corrected chi connectivity index (χ4v) is 3.59. The van der Waals surface area contributed by atoms with Crippen molar-refractivity contribution in [1.29, 1.82) is 0 Å². The van der Waals surface area contributed by atoms with Gasteiger partial charge in [-0.25, -0.2) is 17.2 Å². The van der Waals surface area contributed by atoms with E-state index >= 15 is 0 Å². The number of benzene rings is 1. The van der Waals surface area contributed by atoms with E-state index in [0.717, 1.165) is 9.54 Å². The van der Waals surface area contributed by atoms with E-state index in [4.69, 9.17) is 5.11 Å². The second-order valence-corrected chi connectivity index (χ2v) is 6.51. The van der Waals surface area contributed by atoms with Gasteiger partial charge in [0.2, 0.25) is 0 Å². The van der Waals surface area contributed by atoms with Crippen molar-refractivity contribution in [2.24, 2.45) is 0 Å². The zero-order valence-electron chi connectivity index (χ0n) is 11.4. The highest BCUT2D eigenvalue weighted by atomic mass is 32.2. The Balaban J connectivity index is 2.64. The van der Waals surface area contributed by atoms with Crippen molar-refractivity contribution in [3.8, 4) is 0 Å². The molecule has 1 heterocycles. The van der Waals surface area contributed by atoms with Crippen molar-refractivity contribution >= 4 is 16.0 Å². The first kappa shape index (κ1) is 14.3. The Bertz CT molecular complexity index is 770. The first-order chi connectivity index (χ1) is 9.25. The van der Waals surface area contributed by atoms with Gasteiger partial charge in [-0.05, 0) is 38.5 Å². The number of aromatic carboxylic acids is 1. The standard InChI is InChI=1S/C14H15NO4S/c1-9-4-6-12(7-5-9)20(18,19)15-8-10(2)13(11(15)3)14(16)17/h4-8H,1-3H3,(H,16,17). The molecule has 0 saturated heterocycles.